The van der Waals surface area contributed by atoms with Gasteiger partial charge in [-0.25, -0.2) is 4.79 Å². The van der Waals surface area contributed by atoms with Gasteiger partial charge in [-0.15, -0.1) is 6.58 Å². The van der Waals surface area contributed by atoms with Gasteiger partial charge < -0.3 is 14.6 Å². The lowest BCUT2D eigenvalue weighted by molar-refractivity contribution is -0.127. The van der Waals surface area contributed by atoms with Gasteiger partial charge in [-0.2, -0.15) is 0 Å². The van der Waals surface area contributed by atoms with Crippen LogP contribution in [0.2, 0.25) is 0 Å². The Morgan fingerprint density at radius 3 is 2.84 bits per heavy atom. The fourth-order valence-electron chi connectivity index (χ4n) is 2.15. The first-order valence-corrected chi connectivity index (χ1v) is 6.26. The van der Waals surface area contributed by atoms with Crippen molar-refractivity contribution in [3.05, 3.63) is 42.0 Å². The molecule has 19 heavy (non-hydrogen) atoms. The predicted octanol–water partition coefficient (Wildman–Crippen LogP) is 2.45. The van der Waals surface area contributed by atoms with Gasteiger partial charge in [0.25, 0.3) is 0 Å². The Morgan fingerprint density at radius 2 is 2.16 bits per heavy atom. The average Bonchev–Trinajstić information content (AvgIpc) is 2.26. The molecule has 0 saturated heterocycles. The summed E-state index contributed by atoms with van der Waals surface area (Å²) < 4.78 is 10.8. The zero-order chi connectivity index (χ0) is 14.0. The summed E-state index contributed by atoms with van der Waals surface area (Å²) in [5.74, 6) is -0.861. The molecule has 0 bridgehead atoms. The highest BCUT2D eigenvalue weighted by atomic mass is 16.7. The number of aliphatic hydroxyl groups is 1. The number of hydrogen-bond acceptors (Lipinski definition) is 4. The Labute approximate surface area is 112 Å². The Kier molecular flexibility index (Phi) is 3.62. The summed E-state index contributed by atoms with van der Waals surface area (Å²) in [6, 6.07) is 5.35. The summed E-state index contributed by atoms with van der Waals surface area (Å²) in [7, 11) is 0. The molecule has 0 aliphatic carbocycles. The summed E-state index contributed by atoms with van der Waals surface area (Å²) in [6.45, 7) is 6.96. The fourth-order valence-corrected chi connectivity index (χ4v) is 2.15. The first kappa shape index (κ1) is 13.6. The molecular weight excluding hydrogens is 244 g/mol. The number of rotatable bonds is 4. The van der Waals surface area contributed by atoms with Crippen LogP contribution in [0.5, 0.6) is 5.75 Å². The van der Waals surface area contributed by atoms with Crippen LogP contribution in [-0.2, 0) is 11.2 Å². The second-order valence-electron chi connectivity index (χ2n) is 5.06. The second kappa shape index (κ2) is 5.05. The zero-order valence-corrected chi connectivity index (χ0v) is 11.2. The van der Waals surface area contributed by atoms with E-state index in [0.29, 0.717) is 24.2 Å². The largest absolute Gasteiger partial charge is 0.452 e. The van der Waals surface area contributed by atoms with E-state index in [0.717, 1.165) is 5.56 Å². The van der Waals surface area contributed by atoms with Gasteiger partial charge in [0, 0.05) is 13.8 Å². The van der Waals surface area contributed by atoms with Crippen molar-refractivity contribution in [2.75, 3.05) is 0 Å². The molecule has 0 spiro atoms. The minimum absolute atomic E-state index is 0.369. The van der Waals surface area contributed by atoms with E-state index in [1.54, 1.807) is 32.1 Å². The lowest BCUT2D eigenvalue weighted by atomic mass is 9.98. The molecule has 1 heterocycles. The van der Waals surface area contributed by atoms with E-state index in [1.807, 2.05) is 6.07 Å². The molecule has 1 atom stereocenters. The normalized spacial score (nSPS) is 17.9. The number of carbonyl (C=O) groups is 1. The van der Waals surface area contributed by atoms with Crippen molar-refractivity contribution in [2.24, 2.45) is 0 Å². The van der Waals surface area contributed by atoms with Crippen molar-refractivity contribution < 1.29 is 19.4 Å². The standard InChI is InChI=1S/C15H18O4/c1-4-6-11(16)9-10-7-5-8-12-13(10)14(17)19-15(2,3)18-12/h4-5,7-8,11,16H,1,6,9H2,2-3H3/t11-/m1/s1. The third-order valence-electron chi connectivity index (χ3n) is 2.91. The maximum Gasteiger partial charge on any atom is 0.345 e. The number of benzene rings is 1. The van der Waals surface area contributed by atoms with Gasteiger partial charge in [0.1, 0.15) is 11.3 Å². The van der Waals surface area contributed by atoms with Crippen LogP contribution in [0, 0.1) is 0 Å². The molecule has 1 N–H and O–H groups in total. The van der Waals surface area contributed by atoms with Crippen molar-refractivity contribution in [1.29, 1.82) is 0 Å². The predicted molar refractivity (Wildman–Crippen MR) is 71.1 cm³/mol. The molecule has 102 valence electrons. The molecule has 2 rings (SSSR count). The average molecular weight is 262 g/mol. The number of cyclic esters (lactones) is 1. The summed E-state index contributed by atoms with van der Waals surface area (Å²) in [5.41, 5.74) is 1.14. The summed E-state index contributed by atoms with van der Waals surface area (Å²) in [5, 5.41) is 9.83. The van der Waals surface area contributed by atoms with Gasteiger partial charge in [-0.05, 0) is 24.5 Å². The van der Waals surface area contributed by atoms with Crippen LogP contribution in [0.1, 0.15) is 36.2 Å². The molecule has 0 radical (unpaired) electrons. The van der Waals surface area contributed by atoms with Gasteiger partial charge in [-0.3, -0.25) is 0 Å². The first-order valence-electron chi connectivity index (χ1n) is 6.26. The SMILES string of the molecule is C=CC[C@@H](O)Cc1cccc2c1C(=O)OC(C)(C)O2. The van der Waals surface area contributed by atoms with E-state index in [-0.39, 0.29) is 0 Å². The van der Waals surface area contributed by atoms with Crippen LogP contribution in [0.25, 0.3) is 0 Å². The highest BCUT2D eigenvalue weighted by molar-refractivity contribution is 5.95. The summed E-state index contributed by atoms with van der Waals surface area (Å²) in [6.07, 6.45) is 1.93. The van der Waals surface area contributed by atoms with Crippen LogP contribution in [0.4, 0.5) is 0 Å². The van der Waals surface area contributed by atoms with E-state index < -0.39 is 17.9 Å². The molecule has 0 saturated carbocycles. The number of fused-ring (bicyclic) bond motifs is 1. The van der Waals surface area contributed by atoms with Crippen molar-refractivity contribution in [3.8, 4) is 5.75 Å². The summed E-state index contributed by atoms with van der Waals surface area (Å²) in [4.78, 5) is 12.1. The van der Waals surface area contributed by atoms with E-state index in [9.17, 15) is 9.90 Å². The molecule has 1 aromatic carbocycles. The van der Waals surface area contributed by atoms with Crippen molar-refractivity contribution in [1.82, 2.24) is 0 Å². The van der Waals surface area contributed by atoms with E-state index >= 15 is 0 Å². The van der Waals surface area contributed by atoms with Gasteiger partial charge >= 0.3 is 5.97 Å². The smallest absolute Gasteiger partial charge is 0.345 e. The third kappa shape index (κ3) is 2.96. The minimum atomic E-state index is -0.956. The van der Waals surface area contributed by atoms with Crippen molar-refractivity contribution in [3.63, 3.8) is 0 Å². The molecule has 1 aliphatic rings. The van der Waals surface area contributed by atoms with Crippen molar-refractivity contribution in [2.45, 2.75) is 38.6 Å². The maximum absolute atomic E-state index is 12.1. The number of hydrogen-bond donors (Lipinski definition) is 1. The number of carbonyl (C=O) groups excluding carboxylic acids is 1. The number of esters is 1. The highest BCUT2D eigenvalue weighted by Crippen LogP contribution is 2.33. The Bertz CT molecular complexity index is 505. The quantitative estimate of drug-likeness (QED) is 0.669. The number of aliphatic hydroxyl groups excluding tert-OH is 1. The molecule has 1 aliphatic heterocycles. The fraction of sp³-hybridized carbons (Fsp3) is 0.400. The molecule has 0 amide bonds. The molecule has 0 fully saturated rings. The molecule has 4 heteroatoms. The van der Waals surface area contributed by atoms with Crippen LogP contribution >= 0.6 is 0 Å². The van der Waals surface area contributed by atoms with Gasteiger partial charge in [-0.1, -0.05) is 18.2 Å². The molecule has 1 aromatic rings. The Balaban J connectivity index is 2.33. The number of ether oxygens (including phenoxy) is 2. The van der Waals surface area contributed by atoms with E-state index in [4.69, 9.17) is 9.47 Å². The van der Waals surface area contributed by atoms with Crippen molar-refractivity contribution >= 4 is 5.97 Å². The Hall–Kier alpha value is -1.81. The zero-order valence-electron chi connectivity index (χ0n) is 11.2. The molecule has 4 nitrogen and oxygen atoms in total. The molecular formula is C15H18O4. The lowest BCUT2D eigenvalue weighted by Gasteiger charge is -2.32. The molecule has 0 aromatic heterocycles. The lowest BCUT2D eigenvalue weighted by Crippen LogP contribution is -2.39. The minimum Gasteiger partial charge on any atom is -0.452 e. The van der Waals surface area contributed by atoms with E-state index in [2.05, 4.69) is 6.58 Å². The van der Waals surface area contributed by atoms with Crippen LogP contribution < -0.4 is 4.74 Å². The van der Waals surface area contributed by atoms with Gasteiger partial charge in [0.15, 0.2) is 0 Å². The van der Waals surface area contributed by atoms with Crippen LogP contribution in [0.3, 0.4) is 0 Å². The van der Waals surface area contributed by atoms with Crippen LogP contribution in [0.15, 0.2) is 30.9 Å². The van der Waals surface area contributed by atoms with E-state index in [1.165, 1.54) is 0 Å². The summed E-state index contributed by atoms with van der Waals surface area (Å²) >= 11 is 0. The Morgan fingerprint density at radius 1 is 1.42 bits per heavy atom. The first-order chi connectivity index (χ1) is 8.93. The highest BCUT2D eigenvalue weighted by Gasteiger charge is 2.35. The topological polar surface area (TPSA) is 55.8 Å². The van der Waals surface area contributed by atoms with Gasteiger partial charge in [0.2, 0.25) is 5.79 Å². The maximum atomic E-state index is 12.1. The second-order valence-corrected chi connectivity index (χ2v) is 5.06. The van der Waals surface area contributed by atoms with Crippen LogP contribution in [-0.4, -0.2) is 23.0 Å². The molecule has 0 unspecified atom stereocenters. The van der Waals surface area contributed by atoms with Gasteiger partial charge in [0.05, 0.1) is 6.10 Å². The monoisotopic (exact) mass is 262 g/mol. The third-order valence-corrected chi connectivity index (χ3v) is 2.91.